The molecule has 0 aromatic rings. The summed E-state index contributed by atoms with van der Waals surface area (Å²) >= 11 is 0. The SMILES string of the molecule is CCCC(C)(CN)CN(CCO)C1CC1. The molecule has 0 saturated heterocycles. The molecule has 90 valence electrons. The van der Waals surface area contributed by atoms with Gasteiger partial charge in [-0.15, -0.1) is 0 Å². The lowest BCUT2D eigenvalue weighted by Crippen LogP contribution is -2.42. The zero-order chi connectivity index (χ0) is 11.3. The van der Waals surface area contributed by atoms with Crippen molar-refractivity contribution in [3.8, 4) is 0 Å². The molecule has 3 heteroatoms. The Kier molecular flexibility index (Phi) is 5.03. The molecular formula is C12H26N2O. The summed E-state index contributed by atoms with van der Waals surface area (Å²) in [6.45, 7) is 7.34. The highest BCUT2D eigenvalue weighted by Crippen LogP contribution is 2.31. The van der Waals surface area contributed by atoms with Crippen LogP contribution >= 0.6 is 0 Å². The van der Waals surface area contributed by atoms with Crippen molar-refractivity contribution in [3.63, 3.8) is 0 Å². The number of hydrogen-bond donors (Lipinski definition) is 2. The Morgan fingerprint density at radius 3 is 2.53 bits per heavy atom. The third kappa shape index (κ3) is 4.09. The average Bonchev–Trinajstić information content (AvgIpc) is 3.01. The van der Waals surface area contributed by atoms with Crippen LogP contribution < -0.4 is 5.73 Å². The van der Waals surface area contributed by atoms with Crippen molar-refractivity contribution in [2.75, 3.05) is 26.2 Å². The Balaban J connectivity index is 2.45. The zero-order valence-electron chi connectivity index (χ0n) is 10.2. The number of aliphatic hydroxyl groups is 1. The van der Waals surface area contributed by atoms with Crippen LogP contribution in [0, 0.1) is 5.41 Å². The average molecular weight is 214 g/mol. The molecule has 15 heavy (non-hydrogen) atoms. The maximum Gasteiger partial charge on any atom is 0.0558 e. The quantitative estimate of drug-likeness (QED) is 0.638. The number of hydrogen-bond acceptors (Lipinski definition) is 3. The molecule has 0 aromatic heterocycles. The Morgan fingerprint density at radius 1 is 1.47 bits per heavy atom. The van der Waals surface area contributed by atoms with Gasteiger partial charge < -0.3 is 10.8 Å². The first-order valence-corrected chi connectivity index (χ1v) is 6.20. The van der Waals surface area contributed by atoms with Gasteiger partial charge in [0.25, 0.3) is 0 Å². The van der Waals surface area contributed by atoms with Crippen LogP contribution in [-0.2, 0) is 0 Å². The normalized spacial score (nSPS) is 20.6. The van der Waals surface area contributed by atoms with Gasteiger partial charge in [0.1, 0.15) is 0 Å². The van der Waals surface area contributed by atoms with E-state index in [2.05, 4.69) is 18.7 Å². The second-order valence-corrected chi connectivity index (χ2v) is 5.19. The predicted octanol–water partition coefficient (Wildman–Crippen LogP) is 1.21. The van der Waals surface area contributed by atoms with Gasteiger partial charge in [-0.3, -0.25) is 4.90 Å². The Bertz CT molecular complexity index is 182. The molecule has 1 saturated carbocycles. The molecule has 1 rings (SSSR count). The molecule has 1 aliphatic carbocycles. The van der Waals surface area contributed by atoms with Gasteiger partial charge in [0.05, 0.1) is 6.61 Å². The van der Waals surface area contributed by atoms with Crippen LogP contribution in [-0.4, -0.2) is 42.3 Å². The summed E-state index contributed by atoms with van der Waals surface area (Å²) in [4.78, 5) is 2.42. The molecule has 0 aliphatic heterocycles. The first-order valence-electron chi connectivity index (χ1n) is 6.20. The molecule has 0 amide bonds. The Hall–Kier alpha value is -0.120. The van der Waals surface area contributed by atoms with Crippen molar-refractivity contribution in [1.82, 2.24) is 4.90 Å². The summed E-state index contributed by atoms with van der Waals surface area (Å²) in [5, 5.41) is 9.04. The van der Waals surface area contributed by atoms with E-state index in [0.717, 1.165) is 25.7 Å². The maximum absolute atomic E-state index is 9.04. The topological polar surface area (TPSA) is 49.5 Å². The van der Waals surface area contributed by atoms with E-state index in [1.54, 1.807) is 0 Å². The summed E-state index contributed by atoms with van der Waals surface area (Å²) < 4.78 is 0. The minimum absolute atomic E-state index is 0.229. The molecule has 1 atom stereocenters. The van der Waals surface area contributed by atoms with Crippen LogP contribution in [0.3, 0.4) is 0 Å². The molecule has 3 N–H and O–H groups in total. The van der Waals surface area contributed by atoms with Crippen LogP contribution in [0.25, 0.3) is 0 Å². The van der Waals surface area contributed by atoms with Crippen molar-refractivity contribution in [3.05, 3.63) is 0 Å². The zero-order valence-corrected chi connectivity index (χ0v) is 10.2. The van der Waals surface area contributed by atoms with Gasteiger partial charge in [0, 0.05) is 19.1 Å². The minimum atomic E-state index is 0.229. The van der Waals surface area contributed by atoms with E-state index in [0.29, 0.717) is 0 Å². The molecule has 0 bridgehead atoms. The molecule has 1 aliphatic rings. The predicted molar refractivity (Wildman–Crippen MR) is 63.8 cm³/mol. The van der Waals surface area contributed by atoms with Crippen LogP contribution in [0.1, 0.15) is 39.5 Å². The lowest BCUT2D eigenvalue weighted by molar-refractivity contribution is 0.125. The van der Waals surface area contributed by atoms with E-state index in [1.165, 1.54) is 25.7 Å². The van der Waals surface area contributed by atoms with E-state index in [9.17, 15) is 0 Å². The molecule has 0 radical (unpaired) electrons. The fraction of sp³-hybridized carbons (Fsp3) is 1.00. The van der Waals surface area contributed by atoms with Gasteiger partial charge in [0.2, 0.25) is 0 Å². The van der Waals surface area contributed by atoms with Crippen molar-refractivity contribution >= 4 is 0 Å². The van der Waals surface area contributed by atoms with Gasteiger partial charge >= 0.3 is 0 Å². The Morgan fingerprint density at radius 2 is 2.13 bits per heavy atom. The summed E-state index contributed by atoms with van der Waals surface area (Å²) in [5.41, 5.74) is 6.10. The van der Waals surface area contributed by atoms with Crippen LogP contribution in [0.5, 0.6) is 0 Å². The highest BCUT2D eigenvalue weighted by molar-refractivity contribution is 4.89. The standard InChI is InChI=1S/C12H26N2O/c1-3-6-12(2,9-13)10-14(7-8-15)11-4-5-11/h11,15H,3-10,13H2,1-2H3. The largest absolute Gasteiger partial charge is 0.395 e. The number of rotatable bonds is 8. The van der Waals surface area contributed by atoms with E-state index < -0.39 is 0 Å². The summed E-state index contributed by atoms with van der Waals surface area (Å²) in [7, 11) is 0. The van der Waals surface area contributed by atoms with E-state index >= 15 is 0 Å². The van der Waals surface area contributed by atoms with Crippen LogP contribution in [0.15, 0.2) is 0 Å². The van der Waals surface area contributed by atoms with Crippen LogP contribution in [0.2, 0.25) is 0 Å². The number of nitrogens with two attached hydrogens (primary N) is 1. The molecule has 3 nitrogen and oxygen atoms in total. The van der Waals surface area contributed by atoms with E-state index in [4.69, 9.17) is 10.8 Å². The van der Waals surface area contributed by atoms with E-state index in [1.807, 2.05) is 0 Å². The summed E-state index contributed by atoms with van der Waals surface area (Å²) in [6, 6.07) is 0.722. The van der Waals surface area contributed by atoms with Crippen molar-refractivity contribution in [1.29, 1.82) is 0 Å². The molecular weight excluding hydrogens is 188 g/mol. The summed E-state index contributed by atoms with van der Waals surface area (Å²) in [5.74, 6) is 0. The minimum Gasteiger partial charge on any atom is -0.395 e. The molecule has 0 heterocycles. The molecule has 0 spiro atoms. The summed E-state index contributed by atoms with van der Waals surface area (Å²) in [6.07, 6.45) is 4.96. The highest BCUT2D eigenvalue weighted by atomic mass is 16.3. The second kappa shape index (κ2) is 5.83. The molecule has 0 aromatic carbocycles. The number of aliphatic hydroxyl groups excluding tert-OH is 1. The second-order valence-electron chi connectivity index (χ2n) is 5.19. The third-order valence-electron chi connectivity index (χ3n) is 3.38. The lowest BCUT2D eigenvalue weighted by atomic mass is 9.85. The molecule has 1 unspecified atom stereocenters. The van der Waals surface area contributed by atoms with Gasteiger partial charge in [-0.2, -0.15) is 0 Å². The lowest BCUT2D eigenvalue weighted by Gasteiger charge is -2.34. The van der Waals surface area contributed by atoms with Gasteiger partial charge in [-0.05, 0) is 31.2 Å². The highest BCUT2D eigenvalue weighted by Gasteiger charge is 2.33. The van der Waals surface area contributed by atoms with E-state index in [-0.39, 0.29) is 12.0 Å². The molecule has 1 fully saturated rings. The Labute approximate surface area is 93.6 Å². The van der Waals surface area contributed by atoms with Crippen molar-refractivity contribution in [2.45, 2.75) is 45.6 Å². The fourth-order valence-electron chi connectivity index (χ4n) is 2.30. The first kappa shape index (κ1) is 12.9. The van der Waals surface area contributed by atoms with Gasteiger partial charge in [-0.1, -0.05) is 20.3 Å². The number of nitrogens with zero attached hydrogens (tertiary/aromatic N) is 1. The monoisotopic (exact) mass is 214 g/mol. The van der Waals surface area contributed by atoms with Gasteiger partial charge in [0.15, 0.2) is 0 Å². The maximum atomic E-state index is 9.04. The van der Waals surface area contributed by atoms with Crippen molar-refractivity contribution in [2.24, 2.45) is 11.1 Å². The van der Waals surface area contributed by atoms with Crippen LogP contribution in [0.4, 0.5) is 0 Å². The van der Waals surface area contributed by atoms with Crippen molar-refractivity contribution < 1.29 is 5.11 Å². The first-order chi connectivity index (χ1) is 7.15. The smallest absolute Gasteiger partial charge is 0.0558 e. The third-order valence-corrected chi connectivity index (χ3v) is 3.38. The fourth-order valence-corrected chi connectivity index (χ4v) is 2.30. The van der Waals surface area contributed by atoms with Gasteiger partial charge in [-0.25, -0.2) is 0 Å².